The Kier molecular flexibility index (Phi) is 6.72. The van der Waals surface area contributed by atoms with Gasteiger partial charge in [0.15, 0.2) is 17.0 Å². The first-order valence-electron chi connectivity index (χ1n) is 10.2. The van der Waals surface area contributed by atoms with Crippen LogP contribution in [0.25, 0.3) is 16.9 Å². The minimum atomic E-state index is -4.88. The van der Waals surface area contributed by atoms with Crippen molar-refractivity contribution in [3.8, 4) is 22.8 Å². The molecule has 0 fully saturated rings. The van der Waals surface area contributed by atoms with Gasteiger partial charge in [0, 0.05) is 5.56 Å². The Balaban J connectivity index is 1.82. The highest BCUT2D eigenvalue weighted by molar-refractivity contribution is 6.37. The third-order valence-electron chi connectivity index (χ3n) is 5.00. The zero-order valence-corrected chi connectivity index (χ0v) is 19.3. The quantitative estimate of drug-likeness (QED) is 0.301. The van der Waals surface area contributed by atoms with Crippen LogP contribution in [0, 0.1) is 6.92 Å². The molecule has 0 unspecified atom stereocenters. The maximum absolute atomic E-state index is 13.9. The van der Waals surface area contributed by atoms with Crippen LogP contribution < -0.4 is 14.8 Å². The molecule has 2 aromatic heterocycles. The summed E-state index contributed by atoms with van der Waals surface area (Å²) < 4.78 is 77.2. The number of hydrogen-bond donors (Lipinski definition) is 1. The van der Waals surface area contributed by atoms with Gasteiger partial charge in [-0.25, -0.2) is 9.50 Å². The van der Waals surface area contributed by atoms with Gasteiger partial charge in [-0.05, 0) is 42.8 Å². The van der Waals surface area contributed by atoms with Crippen molar-refractivity contribution in [2.24, 2.45) is 0 Å². The second kappa shape index (κ2) is 9.61. The van der Waals surface area contributed by atoms with Gasteiger partial charge in [0.2, 0.25) is 0 Å². The molecule has 0 saturated heterocycles. The molecule has 1 amide bonds. The highest BCUT2D eigenvalue weighted by Gasteiger charge is 2.37. The molecule has 36 heavy (non-hydrogen) atoms. The summed E-state index contributed by atoms with van der Waals surface area (Å²) >= 11 is 6.26. The van der Waals surface area contributed by atoms with Gasteiger partial charge in [-0.3, -0.25) is 4.79 Å². The number of nitrogens with zero attached hydrogens (tertiary/aromatic N) is 3. The summed E-state index contributed by atoms with van der Waals surface area (Å²) in [6.07, 6.45) is -4.88. The molecule has 0 spiro atoms. The molecule has 0 aliphatic heterocycles. The van der Waals surface area contributed by atoms with E-state index < -0.39 is 40.8 Å². The molecule has 4 rings (SSSR count). The van der Waals surface area contributed by atoms with E-state index in [1.807, 2.05) is 0 Å². The smallest absolute Gasteiger partial charge is 0.433 e. The van der Waals surface area contributed by atoms with E-state index in [2.05, 4.69) is 20.1 Å². The number of aryl methyl sites for hydroxylation is 1. The van der Waals surface area contributed by atoms with E-state index in [9.17, 15) is 26.7 Å². The Labute approximate surface area is 205 Å². The fourth-order valence-electron chi connectivity index (χ4n) is 3.39. The number of benzene rings is 2. The molecule has 0 saturated carbocycles. The van der Waals surface area contributed by atoms with Gasteiger partial charge in [-0.2, -0.15) is 27.1 Å². The molecule has 0 radical (unpaired) electrons. The Hall–Kier alpha value is -3.93. The van der Waals surface area contributed by atoms with E-state index in [4.69, 9.17) is 16.3 Å². The van der Waals surface area contributed by atoms with Crippen LogP contribution in [0.5, 0.6) is 11.5 Å². The van der Waals surface area contributed by atoms with Crippen molar-refractivity contribution in [2.45, 2.75) is 19.7 Å². The maximum atomic E-state index is 13.9. The molecule has 1 N–H and O–H groups in total. The lowest BCUT2D eigenvalue weighted by Crippen LogP contribution is -2.16. The number of rotatable bonds is 6. The summed E-state index contributed by atoms with van der Waals surface area (Å²) in [4.78, 5) is 17.1. The van der Waals surface area contributed by atoms with Gasteiger partial charge < -0.3 is 14.8 Å². The van der Waals surface area contributed by atoms with E-state index in [1.54, 1.807) is 19.1 Å². The molecule has 4 aromatic rings. The zero-order valence-electron chi connectivity index (χ0n) is 18.5. The number of halogens is 6. The normalized spacial score (nSPS) is 11.7. The van der Waals surface area contributed by atoms with Gasteiger partial charge >= 0.3 is 12.8 Å². The monoisotopic (exact) mass is 526 g/mol. The number of aromatic nitrogens is 3. The maximum Gasteiger partial charge on any atom is 0.433 e. The number of hydrogen-bond acceptors (Lipinski definition) is 5. The number of nitrogens with one attached hydrogen (secondary N) is 1. The minimum absolute atomic E-state index is 0.0891. The van der Waals surface area contributed by atoms with Crippen LogP contribution in [-0.4, -0.2) is 34.2 Å². The summed E-state index contributed by atoms with van der Waals surface area (Å²) in [6.45, 7) is -1.53. The fraction of sp³-hybridized carbons (Fsp3) is 0.174. The predicted molar refractivity (Wildman–Crippen MR) is 121 cm³/mol. The molecule has 0 aliphatic rings. The number of amides is 1. The Bertz CT molecular complexity index is 1460. The Morgan fingerprint density at radius 3 is 2.56 bits per heavy atom. The van der Waals surface area contributed by atoms with Gasteiger partial charge in [-0.1, -0.05) is 29.8 Å². The fourth-order valence-corrected chi connectivity index (χ4v) is 3.64. The average molecular weight is 527 g/mol. The van der Waals surface area contributed by atoms with Crippen molar-refractivity contribution in [1.82, 2.24) is 14.6 Å². The largest absolute Gasteiger partial charge is 0.497 e. The number of ether oxygens (including phenoxy) is 2. The van der Waals surface area contributed by atoms with E-state index in [-0.39, 0.29) is 17.1 Å². The van der Waals surface area contributed by atoms with E-state index in [0.717, 1.165) is 6.07 Å². The van der Waals surface area contributed by atoms with Crippen molar-refractivity contribution in [3.05, 3.63) is 70.5 Å². The van der Waals surface area contributed by atoms with Crippen molar-refractivity contribution < 1.29 is 36.2 Å². The first kappa shape index (κ1) is 25.2. The van der Waals surface area contributed by atoms with Gasteiger partial charge in [0.05, 0.1) is 18.5 Å². The second-order valence-corrected chi connectivity index (χ2v) is 7.86. The van der Waals surface area contributed by atoms with Crippen LogP contribution in [-0.2, 0) is 6.18 Å². The highest BCUT2D eigenvalue weighted by atomic mass is 35.5. The van der Waals surface area contributed by atoms with Crippen LogP contribution in [0.1, 0.15) is 21.7 Å². The number of anilines is 1. The SMILES string of the molecule is COc1cccc(-c2cc(C(F)(F)F)n3nc(C(=O)Nc4cc(C)ccc4OC(F)F)c(Cl)c3n2)c1. The van der Waals surface area contributed by atoms with E-state index in [1.165, 1.54) is 37.4 Å². The van der Waals surface area contributed by atoms with E-state index >= 15 is 0 Å². The third kappa shape index (κ3) is 5.03. The van der Waals surface area contributed by atoms with Crippen LogP contribution in [0.3, 0.4) is 0 Å². The van der Waals surface area contributed by atoms with Gasteiger partial charge in [-0.15, -0.1) is 0 Å². The standard InChI is InChI=1S/C23H16ClF5N4O3/c1-11-6-7-16(36-22(25)26)15(8-11)31-21(34)19-18(24)20-30-14(12-4-3-5-13(9-12)35-2)10-17(23(27,28)29)33(20)32-19/h3-10,22H,1-2H3,(H,31,34). The van der Waals surface area contributed by atoms with Gasteiger partial charge in [0.1, 0.15) is 16.5 Å². The highest BCUT2D eigenvalue weighted by Crippen LogP contribution is 2.36. The Morgan fingerprint density at radius 2 is 1.89 bits per heavy atom. The lowest BCUT2D eigenvalue weighted by molar-refractivity contribution is -0.142. The van der Waals surface area contributed by atoms with Crippen LogP contribution in [0.2, 0.25) is 5.02 Å². The summed E-state index contributed by atoms with van der Waals surface area (Å²) in [7, 11) is 1.40. The lowest BCUT2D eigenvalue weighted by Gasteiger charge is -2.12. The number of carbonyl (C=O) groups is 1. The summed E-state index contributed by atoms with van der Waals surface area (Å²) in [5, 5.41) is 5.58. The first-order valence-corrected chi connectivity index (χ1v) is 10.5. The van der Waals surface area contributed by atoms with E-state index in [0.29, 0.717) is 21.4 Å². The van der Waals surface area contributed by atoms with Crippen LogP contribution in [0.15, 0.2) is 48.5 Å². The molecule has 2 aromatic carbocycles. The molecule has 0 aliphatic carbocycles. The first-order chi connectivity index (χ1) is 17.0. The summed E-state index contributed by atoms with van der Waals surface area (Å²) in [5.74, 6) is -1.01. The third-order valence-corrected chi connectivity index (χ3v) is 5.35. The predicted octanol–water partition coefficient (Wildman–Crippen LogP) is 6.24. The molecule has 0 bridgehead atoms. The number of fused-ring (bicyclic) bond motifs is 1. The van der Waals surface area contributed by atoms with Crippen molar-refractivity contribution in [3.63, 3.8) is 0 Å². The summed E-state index contributed by atoms with van der Waals surface area (Å²) in [5.41, 5.74) is -1.59. The number of carbonyl (C=O) groups excluding carboxylic acids is 1. The van der Waals surface area contributed by atoms with Gasteiger partial charge in [0.25, 0.3) is 5.91 Å². The summed E-state index contributed by atoms with van der Waals surface area (Å²) in [6, 6.07) is 11.0. The average Bonchev–Trinajstić information content (AvgIpc) is 3.16. The Morgan fingerprint density at radius 1 is 1.14 bits per heavy atom. The number of methoxy groups -OCH3 is 1. The second-order valence-electron chi connectivity index (χ2n) is 7.49. The van der Waals surface area contributed by atoms with Crippen molar-refractivity contribution >= 4 is 28.8 Å². The molecule has 13 heteroatoms. The van der Waals surface area contributed by atoms with Crippen molar-refractivity contribution in [2.75, 3.05) is 12.4 Å². The lowest BCUT2D eigenvalue weighted by atomic mass is 10.1. The molecule has 0 atom stereocenters. The molecular weight excluding hydrogens is 511 g/mol. The van der Waals surface area contributed by atoms with Crippen LogP contribution in [0.4, 0.5) is 27.6 Å². The molecule has 7 nitrogen and oxygen atoms in total. The zero-order chi connectivity index (χ0) is 26.2. The molecule has 2 heterocycles. The molecule has 188 valence electrons. The minimum Gasteiger partial charge on any atom is -0.497 e. The molecular formula is C23H16ClF5N4O3. The van der Waals surface area contributed by atoms with Crippen molar-refractivity contribution in [1.29, 1.82) is 0 Å². The number of alkyl halides is 5. The van der Waals surface area contributed by atoms with Crippen LogP contribution >= 0.6 is 11.6 Å². The topological polar surface area (TPSA) is 77.8 Å².